The van der Waals surface area contributed by atoms with Crippen molar-refractivity contribution in [2.24, 2.45) is 0 Å². The summed E-state index contributed by atoms with van der Waals surface area (Å²) in [5, 5.41) is 9.33. The number of rotatable bonds is 6. The van der Waals surface area contributed by atoms with Crippen LogP contribution in [0.1, 0.15) is 38.2 Å². The van der Waals surface area contributed by atoms with Gasteiger partial charge in [0.1, 0.15) is 16.1 Å². The fourth-order valence-corrected chi connectivity index (χ4v) is 5.24. The van der Waals surface area contributed by atoms with Gasteiger partial charge < -0.3 is 14.7 Å². The molecule has 6 nitrogen and oxygen atoms in total. The highest BCUT2D eigenvalue weighted by atomic mass is 32.2. The first-order valence-corrected chi connectivity index (χ1v) is 11.0. The third kappa shape index (κ3) is 4.65. The van der Waals surface area contributed by atoms with E-state index in [1.165, 1.54) is 16.7 Å². The number of thiocarbonyl (C=S) groups is 1. The van der Waals surface area contributed by atoms with Crippen LogP contribution in [0.15, 0.2) is 29.2 Å². The third-order valence-electron chi connectivity index (χ3n) is 5.37. The number of ether oxygens (including phenoxy) is 1. The second-order valence-electron chi connectivity index (χ2n) is 7.16. The lowest BCUT2D eigenvalue weighted by Gasteiger charge is -2.38. The van der Waals surface area contributed by atoms with E-state index < -0.39 is 6.04 Å². The molecule has 2 heterocycles. The minimum Gasteiger partial charge on any atom is -0.496 e. The fraction of sp³-hybridized carbons (Fsp3) is 0.476. The fourth-order valence-electron chi connectivity index (χ4n) is 3.83. The van der Waals surface area contributed by atoms with Gasteiger partial charge >= 0.3 is 0 Å². The number of nitrogens with zero attached hydrogens (tertiary/aromatic N) is 2. The highest BCUT2D eigenvalue weighted by Crippen LogP contribution is 2.36. The van der Waals surface area contributed by atoms with Crippen molar-refractivity contribution in [2.75, 3.05) is 20.3 Å². The normalized spacial score (nSPS) is 22.3. The van der Waals surface area contributed by atoms with Crippen molar-refractivity contribution in [3.63, 3.8) is 0 Å². The van der Waals surface area contributed by atoms with E-state index >= 15 is 0 Å². The van der Waals surface area contributed by atoms with Gasteiger partial charge in [0.15, 0.2) is 0 Å². The van der Waals surface area contributed by atoms with Gasteiger partial charge in [-0.15, -0.1) is 0 Å². The molecule has 2 atom stereocenters. The molecule has 0 aromatic heterocycles. The standard InChI is InChI=1S/C21H26N2O4S2/c1-14(19(25)22-11-6-5-8-16(22)10-12-24)23-20(26)18(29-21(23)28)13-15-7-3-4-9-17(15)27-2/h3-4,7,9,13-14,16,24H,5-6,8,10-12H2,1-2H3/b18-13-/t14-,16-/m0/s1. The Labute approximate surface area is 180 Å². The number of carbonyl (C=O) groups excluding carboxylic acids is 2. The van der Waals surface area contributed by atoms with Crippen molar-refractivity contribution in [1.82, 2.24) is 9.80 Å². The number of hydrogen-bond acceptors (Lipinski definition) is 6. The van der Waals surface area contributed by atoms with Crippen molar-refractivity contribution in [1.29, 1.82) is 0 Å². The Morgan fingerprint density at radius 2 is 2.17 bits per heavy atom. The van der Waals surface area contributed by atoms with Gasteiger partial charge in [0.05, 0.1) is 12.0 Å². The maximum absolute atomic E-state index is 13.2. The van der Waals surface area contributed by atoms with Crippen molar-refractivity contribution < 1.29 is 19.4 Å². The van der Waals surface area contributed by atoms with E-state index in [9.17, 15) is 14.7 Å². The highest BCUT2D eigenvalue weighted by Gasteiger charge is 2.41. The van der Waals surface area contributed by atoms with Crippen molar-refractivity contribution in [3.8, 4) is 5.75 Å². The number of benzene rings is 1. The molecule has 8 heteroatoms. The number of piperidine rings is 1. The topological polar surface area (TPSA) is 70.1 Å². The number of para-hydroxylation sites is 1. The summed E-state index contributed by atoms with van der Waals surface area (Å²) in [6, 6.07) is 6.78. The summed E-state index contributed by atoms with van der Waals surface area (Å²) in [7, 11) is 1.58. The molecule has 1 aromatic rings. The van der Waals surface area contributed by atoms with Crippen LogP contribution in [-0.2, 0) is 9.59 Å². The van der Waals surface area contributed by atoms with E-state index in [1.54, 1.807) is 20.1 Å². The number of carbonyl (C=O) groups is 2. The zero-order valence-electron chi connectivity index (χ0n) is 16.7. The smallest absolute Gasteiger partial charge is 0.266 e. The molecule has 0 aliphatic carbocycles. The zero-order chi connectivity index (χ0) is 21.0. The van der Waals surface area contributed by atoms with Gasteiger partial charge in [-0.1, -0.05) is 42.2 Å². The van der Waals surface area contributed by atoms with E-state index in [0.717, 1.165) is 24.8 Å². The van der Waals surface area contributed by atoms with Crippen LogP contribution in [0.5, 0.6) is 5.75 Å². The Morgan fingerprint density at radius 3 is 2.90 bits per heavy atom. The second kappa shape index (κ2) is 9.73. The first-order valence-electron chi connectivity index (χ1n) is 9.79. The van der Waals surface area contributed by atoms with E-state index in [1.807, 2.05) is 29.2 Å². The Morgan fingerprint density at radius 1 is 1.41 bits per heavy atom. The molecule has 1 aromatic carbocycles. The monoisotopic (exact) mass is 434 g/mol. The summed E-state index contributed by atoms with van der Waals surface area (Å²) >= 11 is 6.64. The van der Waals surface area contributed by atoms with Crippen LogP contribution in [0.3, 0.4) is 0 Å². The zero-order valence-corrected chi connectivity index (χ0v) is 18.3. The molecule has 2 amide bonds. The van der Waals surface area contributed by atoms with Gasteiger partial charge in [-0.05, 0) is 44.7 Å². The Hall–Kier alpha value is -1.90. The van der Waals surface area contributed by atoms with Crippen LogP contribution in [0.25, 0.3) is 6.08 Å². The third-order valence-corrected chi connectivity index (χ3v) is 6.70. The molecule has 0 unspecified atom stereocenters. The molecule has 2 aliphatic rings. The summed E-state index contributed by atoms with van der Waals surface area (Å²) < 4.78 is 5.73. The molecular formula is C21H26N2O4S2. The first-order chi connectivity index (χ1) is 14.0. The Balaban J connectivity index is 1.80. The van der Waals surface area contributed by atoms with Crippen LogP contribution >= 0.6 is 24.0 Å². The largest absolute Gasteiger partial charge is 0.496 e. The summed E-state index contributed by atoms with van der Waals surface area (Å²) in [5.74, 6) is 0.294. The minimum atomic E-state index is -0.676. The number of thioether (sulfide) groups is 1. The predicted molar refractivity (Wildman–Crippen MR) is 119 cm³/mol. The average Bonchev–Trinajstić information content (AvgIpc) is 3.01. The van der Waals surface area contributed by atoms with Crippen LogP contribution in [0.2, 0.25) is 0 Å². The minimum absolute atomic E-state index is 0.0197. The van der Waals surface area contributed by atoms with Crippen molar-refractivity contribution >= 4 is 46.2 Å². The Bertz CT molecular complexity index is 825. The van der Waals surface area contributed by atoms with Gasteiger partial charge in [0, 0.05) is 24.8 Å². The van der Waals surface area contributed by atoms with E-state index in [4.69, 9.17) is 17.0 Å². The number of methoxy groups -OCH3 is 1. The number of aliphatic hydroxyl groups is 1. The van der Waals surface area contributed by atoms with Crippen molar-refractivity contribution in [2.45, 2.75) is 44.7 Å². The van der Waals surface area contributed by atoms with E-state index in [0.29, 0.717) is 27.9 Å². The molecule has 2 fully saturated rings. The molecule has 156 valence electrons. The summed E-state index contributed by atoms with van der Waals surface area (Å²) in [6.07, 6.45) is 5.18. The van der Waals surface area contributed by atoms with Crippen LogP contribution in [0.4, 0.5) is 0 Å². The molecule has 29 heavy (non-hydrogen) atoms. The molecule has 2 saturated heterocycles. The van der Waals surface area contributed by atoms with Gasteiger partial charge in [0.2, 0.25) is 5.91 Å². The van der Waals surface area contributed by atoms with Crippen LogP contribution in [0, 0.1) is 0 Å². The molecule has 0 radical (unpaired) electrons. The maximum Gasteiger partial charge on any atom is 0.266 e. The van der Waals surface area contributed by atoms with Crippen LogP contribution < -0.4 is 4.74 Å². The summed E-state index contributed by atoms with van der Waals surface area (Å²) in [6.45, 7) is 2.43. The number of hydrogen-bond donors (Lipinski definition) is 1. The average molecular weight is 435 g/mol. The Kier molecular flexibility index (Phi) is 7.32. The number of likely N-dealkylation sites (tertiary alicyclic amines) is 1. The first kappa shape index (κ1) is 21.8. The highest BCUT2D eigenvalue weighted by molar-refractivity contribution is 8.26. The molecule has 0 spiro atoms. The van der Waals surface area contributed by atoms with Gasteiger partial charge in [-0.25, -0.2) is 0 Å². The van der Waals surface area contributed by atoms with Crippen molar-refractivity contribution in [3.05, 3.63) is 34.7 Å². The predicted octanol–water partition coefficient (Wildman–Crippen LogP) is 3.05. The second-order valence-corrected chi connectivity index (χ2v) is 8.84. The molecule has 1 N–H and O–H groups in total. The quantitative estimate of drug-likeness (QED) is 0.548. The van der Waals surface area contributed by atoms with Gasteiger partial charge in [-0.3, -0.25) is 14.5 Å². The van der Waals surface area contributed by atoms with Gasteiger partial charge in [-0.2, -0.15) is 0 Å². The molecule has 2 aliphatic heterocycles. The number of aliphatic hydroxyl groups excluding tert-OH is 1. The molecule has 0 bridgehead atoms. The lowest BCUT2D eigenvalue weighted by Crippen LogP contribution is -2.53. The van der Waals surface area contributed by atoms with Gasteiger partial charge in [0.25, 0.3) is 5.91 Å². The lowest BCUT2D eigenvalue weighted by molar-refractivity contribution is -0.142. The summed E-state index contributed by atoms with van der Waals surface area (Å²) in [5.41, 5.74) is 0.786. The molecule has 3 rings (SSSR count). The van der Waals surface area contributed by atoms with Crippen LogP contribution in [-0.4, -0.2) is 63.4 Å². The SMILES string of the molecule is COc1ccccc1/C=C1\SC(=S)N([C@@H](C)C(=O)N2CCCC[C@H]2CCO)C1=O. The van der Waals surface area contributed by atoms with E-state index in [2.05, 4.69) is 0 Å². The summed E-state index contributed by atoms with van der Waals surface area (Å²) in [4.78, 5) is 29.9. The number of amides is 2. The van der Waals surface area contributed by atoms with E-state index in [-0.39, 0.29) is 24.5 Å². The molecular weight excluding hydrogens is 408 g/mol. The maximum atomic E-state index is 13.2. The molecule has 0 saturated carbocycles. The lowest BCUT2D eigenvalue weighted by atomic mass is 9.98.